The van der Waals surface area contributed by atoms with E-state index in [1.54, 1.807) is 12.1 Å². The molecule has 2 aromatic rings. The number of aromatic nitrogens is 3. The smallest absolute Gasteiger partial charge is 0.225 e. The van der Waals surface area contributed by atoms with Gasteiger partial charge in [-0.05, 0) is 12.1 Å². The van der Waals surface area contributed by atoms with Gasteiger partial charge in [0.25, 0.3) is 0 Å². The van der Waals surface area contributed by atoms with Gasteiger partial charge in [-0.1, -0.05) is 23.9 Å². The van der Waals surface area contributed by atoms with Crippen molar-refractivity contribution in [3.05, 3.63) is 30.1 Å². The molecule has 0 spiro atoms. The monoisotopic (exact) mass is 281 g/mol. The van der Waals surface area contributed by atoms with Gasteiger partial charge in [0.05, 0.1) is 5.69 Å². The lowest BCUT2D eigenvalue weighted by atomic mass is 10.3. The van der Waals surface area contributed by atoms with Crippen molar-refractivity contribution in [1.29, 1.82) is 0 Å². The van der Waals surface area contributed by atoms with Gasteiger partial charge in [-0.3, -0.25) is 4.79 Å². The summed E-state index contributed by atoms with van der Waals surface area (Å²) in [5, 5.41) is 9.30. The number of hydrogen-bond donors (Lipinski definition) is 3. The zero-order valence-corrected chi connectivity index (χ0v) is 10.7. The number of amides is 1. The number of aromatic amines is 1. The molecular formula is C11H12FN5OS. The number of carbonyl (C=O) groups is 1. The molecule has 0 atom stereocenters. The molecule has 0 aliphatic heterocycles. The van der Waals surface area contributed by atoms with Gasteiger partial charge in [0.15, 0.2) is 0 Å². The summed E-state index contributed by atoms with van der Waals surface area (Å²) in [6.07, 6.45) is 0.230. The Balaban J connectivity index is 1.77. The second kappa shape index (κ2) is 6.19. The number of para-hydroxylation sites is 1. The molecule has 1 aromatic carbocycles. The Morgan fingerprint density at radius 2 is 2.26 bits per heavy atom. The minimum Gasteiger partial charge on any atom is -0.368 e. The molecule has 6 nitrogen and oxygen atoms in total. The van der Waals surface area contributed by atoms with Crippen molar-refractivity contribution in [1.82, 2.24) is 15.2 Å². The van der Waals surface area contributed by atoms with Gasteiger partial charge in [0, 0.05) is 12.2 Å². The fraction of sp³-hybridized carbons (Fsp3) is 0.182. The van der Waals surface area contributed by atoms with Gasteiger partial charge in [0.2, 0.25) is 17.0 Å². The van der Waals surface area contributed by atoms with E-state index in [2.05, 4.69) is 20.5 Å². The van der Waals surface area contributed by atoms with Crippen molar-refractivity contribution >= 4 is 29.3 Å². The predicted octanol–water partition coefficient (Wildman–Crippen LogP) is 1.65. The van der Waals surface area contributed by atoms with E-state index in [-0.39, 0.29) is 24.0 Å². The lowest BCUT2D eigenvalue weighted by Gasteiger charge is -2.05. The molecule has 2 rings (SSSR count). The van der Waals surface area contributed by atoms with Gasteiger partial charge in [0.1, 0.15) is 5.82 Å². The zero-order chi connectivity index (χ0) is 13.7. The van der Waals surface area contributed by atoms with Crippen LogP contribution in [0.15, 0.2) is 29.4 Å². The third-order valence-corrected chi connectivity index (χ3v) is 3.04. The molecule has 0 saturated carbocycles. The van der Waals surface area contributed by atoms with Crippen LogP contribution in [0.3, 0.4) is 0 Å². The molecule has 0 aliphatic carbocycles. The Morgan fingerprint density at radius 3 is 2.95 bits per heavy atom. The molecule has 0 radical (unpaired) electrons. The van der Waals surface area contributed by atoms with E-state index in [4.69, 9.17) is 5.73 Å². The quantitative estimate of drug-likeness (QED) is 0.724. The largest absolute Gasteiger partial charge is 0.368 e. The average Bonchev–Trinajstić information content (AvgIpc) is 2.78. The lowest BCUT2D eigenvalue weighted by Crippen LogP contribution is -2.13. The predicted molar refractivity (Wildman–Crippen MR) is 71.2 cm³/mol. The Morgan fingerprint density at radius 1 is 1.47 bits per heavy atom. The summed E-state index contributed by atoms with van der Waals surface area (Å²) in [7, 11) is 0. The first-order valence-corrected chi connectivity index (χ1v) is 6.49. The third kappa shape index (κ3) is 3.95. The molecule has 4 N–H and O–H groups in total. The molecule has 1 amide bonds. The van der Waals surface area contributed by atoms with Gasteiger partial charge < -0.3 is 11.1 Å². The SMILES string of the molecule is Nc1nc(SCCC(=O)Nc2ccccc2F)n[nH]1. The minimum atomic E-state index is -0.453. The van der Waals surface area contributed by atoms with Gasteiger partial charge in [-0.25, -0.2) is 9.49 Å². The van der Waals surface area contributed by atoms with E-state index in [1.165, 1.54) is 23.9 Å². The number of anilines is 2. The first kappa shape index (κ1) is 13.3. The summed E-state index contributed by atoms with van der Waals surface area (Å²) < 4.78 is 13.3. The van der Waals surface area contributed by atoms with E-state index < -0.39 is 5.82 Å². The number of thioether (sulfide) groups is 1. The number of nitrogen functional groups attached to an aromatic ring is 1. The van der Waals surface area contributed by atoms with Crippen LogP contribution in [0.1, 0.15) is 6.42 Å². The highest BCUT2D eigenvalue weighted by atomic mass is 32.2. The van der Waals surface area contributed by atoms with E-state index >= 15 is 0 Å². The number of rotatable bonds is 5. The normalized spacial score (nSPS) is 10.4. The van der Waals surface area contributed by atoms with Gasteiger partial charge in [-0.2, -0.15) is 4.98 Å². The molecule has 0 saturated heterocycles. The number of nitrogens with two attached hydrogens (primary N) is 1. The van der Waals surface area contributed by atoms with Crippen molar-refractivity contribution in [2.24, 2.45) is 0 Å². The van der Waals surface area contributed by atoms with Crippen LogP contribution >= 0.6 is 11.8 Å². The maximum absolute atomic E-state index is 13.3. The third-order valence-electron chi connectivity index (χ3n) is 2.19. The van der Waals surface area contributed by atoms with Crippen LogP contribution < -0.4 is 11.1 Å². The van der Waals surface area contributed by atoms with Crippen LogP contribution in [-0.4, -0.2) is 26.8 Å². The van der Waals surface area contributed by atoms with Crippen molar-refractivity contribution in [2.45, 2.75) is 11.6 Å². The average molecular weight is 281 g/mol. The standard InChI is InChI=1S/C11H12FN5OS/c12-7-3-1-2-4-8(7)14-9(18)5-6-19-11-15-10(13)16-17-11/h1-4H,5-6H2,(H,14,18)(H3,13,15,16,17). The molecule has 0 bridgehead atoms. The number of H-pyrrole nitrogens is 1. The van der Waals surface area contributed by atoms with E-state index in [1.807, 2.05) is 0 Å². The fourth-order valence-corrected chi connectivity index (χ4v) is 2.08. The highest BCUT2D eigenvalue weighted by molar-refractivity contribution is 7.99. The number of nitrogens with zero attached hydrogens (tertiary/aromatic N) is 2. The fourth-order valence-electron chi connectivity index (χ4n) is 1.33. The first-order chi connectivity index (χ1) is 9.15. The van der Waals surface area contributed by atoms with E-state index in [9.17, 15) is 9.18 Å². The molecule has 8 heteroatoms. The number of halogens is 1. The molecule has 19 heavy (non-hydrogen) atoms. The summed E-state index contributed by atoms with van der Waals surface area (Å²) in [4.78, 5) is 15.5. The van der Waals surface area contributed by atoms with Gasteiger partial charge in [-0.15, -0.1) is 5.10 Å². The Kier molecular flexibility index (Phi) is 4.35. The first-order valence-electron chi connectivity index (χ1n) is 5.50. The molecule has 1 aromatic heterocycles. The summed E-state index contributed by atoms with van der Waals surface area (Å²) >= 11 is 1.30. The maximum Gasteiger partial charge on any atom is 0.225 e. The summed E-state index contributed by atoms with van der Waals surface area (Å²) in [5.41, 5.74) is 5.55. The second-order valence-corrected chi connectivity index (χ2v) is 4.69. The molecule has 100 valence electrons. The van der Waals surface area contributed by atoms with Crippen molar-refractivity contribution in [2.75, 3.05) is 16.8 Å². The molecule has 0 unspecified atom stereocenters. The molecule has 0 aliphatic rings. The van der Waals surface area contributed by atoms with Crippen LogP contribution in [0.4, 0.5) is 16.0 Å². The lowest BCUT2D eigenvalue weighted by molar-refractivity contribution is -0.115. The number of nitrogens with one attached hydrogen (secondary N) is 2. The summed E-state index contributed by atoms with van der Waals surface area (Å²) in [6, 6.07) is 6.02. The van der Waals surface area contributed by atoms with Gasteiger partial charge >= 0.3 is 0 Å². The van der Waals surface area contributed by atoms with Crippen LogP contribution in [0.25, 0.3) is 0 Å². The van der Waals surface area contributed by atoms with E-state index in [0.717, 1.165) is 0 Å². The Labute approximate surface area is 113 Å². The molecule has 0 fully saturated rings. The second-order valence-electron chi connectivity index (χ2n) is 3.63. The Bertz CT molecular complexity index is 574. The van der Waals surface area contributed by atoms with Crippen LogP contribution in [0.2, 0.25) is 0 Å². The maximum atomic E-state index is 13.3. The van der Waals surface area contributed by atoms with Crippen LogP contribution in [0.5, 0.6) is 0 Å². The highest BCUT2D eigenvalue weighted by Gasteiger charge is 2.07. The topological polar surface area (TPSA) is 96.7 Å². The van der Waals surface area contributed by atoms with Crippen LogP contribution in [0, 0.1) is 5.82 Å². The summed E-state index contributed by atoms with van der Waals surface area (Å²) in [5.74, 6) is 0.00191. The highest BCUT2D eigenvalue weighted by Crippen LogP contribution is 2.16. The Hall–Kier alpha value is -2.09. The molecular weight excluding hydrogens is 269 g/mol. The minimum absolute atomic E-state index is 0.180. The van der Waals surface area contributed by atoms with Crippen molar-refractivity contribution < 1.29 is 9.18 Å². The van der Waals surface area contributed by atoms with Crippen molar-refractivity contribution in [3.63, 3.8) is 0 Å². The number of benzene rings is 1. The van der Waals surface area contributed by atoms with Crippen LogP contribution in [-0.2, 0) is 4.79 Å². The van der Waals surface area contributed by atoms with E-state index in [0.29, 0.717) is 10.9 Å². The number of hydrogen-bond acceptors (Lipinski definition) is 5. The van der Waals surface area contributed by atoms with Crippen molar-refractivity contribution in [3.8, 4) is 0 Å². The summed E-state index contributed by atoms with van der Waals surface area (Å²) in [6.45, 7) is 0. The zero-order valence-electron chi connectivity index (χ0n) is 9.89. The number of carbonyl (C=O) groups excluding carboxylic acids is 1. The molecule has 1 heterocycles.